The molecule has 0 saturated carbocycles. The van der Waals surface area contributed by atoms with Gasteiger partial charge in [0.05, 0.1) is 0 Å². The van der Waals surface area contributed by atoms with Gasteiger partial charge in [-0.05, 0) is 47.4 Å². The van der Waals surface area contributed by atoms with E-state index in [-0.39, 0.29) is 5.60 Å². The Balaban J connectivity index is 2.25. The molecule has 3 heteroatoms. The first-order valence-corrected chi connectivity index (χ1v) is 7.47. The van der Waals surface area contributed by atoms with Crippen LogP contribution in [-0.4, -0.2) is 37.7 Å². The Morgan fingerprint density at radius 3 is 2.65 bits per heavy atom. The molecule has 0 radical (unpaired) electrons. The average Bonchev–Trinajstić information content (AvgIpc) is 2.29. The smallest absolute Gasteiger partial charge is 0.127 e. The van der Waals surface area contributed by atoms with Gasteiger partial charge < -0.3 is 15.0 Å². The van der Waals surface area contributed by atoms with Crippen LogP contribution < -0.4 is 10.1 Å². The van der Waals surface area contributed by atoms with E-state index in [1.54, 1.807) is 0 Å². The van der Waals surface area contributed by atoms with E-state index < -0.39 is 0 Å². The lowest BCUT2D eigenvalue weighted by Gasteiger charge is -2.39. The summed E-state index contributed by atoms with van der Waals surface area (Å²) in [4.78, 5) is 2.21. The minimum atomic E-state index is -0.108. The van der Waals surface area contributed by atoms with Crippen LogP contribution >= 0.6 is 0 Å². The summed E-state index contributed by atoms with van der Waals surface area (Å²) in [5, 5.41) is 3.70. The number of rotatable bonds is 4. The molecular weight excluding hydrogens is 248 g/mol. The quantitative estimate of drug-likeness (QED) is 0.914. The van der Waals surface area contributed by atoms with Crippen molar-refractivity contribution in [3.8, 4) is 5.75 Å². The first kappa shape index (κ1) is 15.3. The minimum absolute atomic E-state index is 0.108. The number of hydrogen-bond acceptors (Lipinski definition) is 3. The predicted molar refractivity (Wildman–Crippen MR) is 84.5 cm³/mol. The van der Waals surface area contributed by atoms with Gasteiger partial charge >= 0.3 is 0 Å². The highest BCUT2D eigenvalue weighted by Crippen LogP contribution is 2.41. The zero-order chi connectivity index (χ0) is 14.9. The number of ether oxygens (including phenoxy) is 1. The summed E-state index contributed by atoms with van der Waals surface area (Å²) in [6.07, 6.45) is 1.01. The first-order valence-electron chi connectivity index (χ1n) is 7.47. The van der Waals surface area contributed by atoms with Crippen LogP contribution in [0, 0.1) is 13.8 Å². The maximum Gasteiger partial charge on any atom is 0.127 e. The molecule has 3 nitrogen and oxygen atoms in total. The summed E-state index contributed by atoms with van der Waals surface area (Å²) in [6, 6.07) is 4.86. The van der Waals surface area contributed by atoms with E-state index in [9.17, 15) is 0 Å². The lowest BCUT2D eigenvalue weighted by Crippen LogP contribution is -2.41. The maximum absolute atomic E-state index is 6.21. The van der Waals surface area contributed by atoms with Crippen molar-refractivity contribution in [1.29, 1.82) is 0 Å². The van der Waals surface area contributed by atoms with E-state index in [1.165, 1.54) is 16.7 Å². The molecule has 0 amide bonds. The summed E-state index contributed by atoms with van der Waals surface area (Å²) in [6.45, 7) is 10.7. The Morgan fingerprint density at radius 2 is 2.00 bits per heavy atom. The molecule has 1 atom stereocenters. The summed E-state index contributed by atoms with van der Waals surface area (Å²) in [5.41, 5.74) is 3.76. The van der Waals surface area contributed by atoms with Gasteiger partial charge in [-0.3, -0.25) is 0 Å². The van der Waals surface area contributed by atoms with Crippen molar-refractivity contribution in [3.05, 3.63) is 28.8 Å². The van der Waals surface area contributed by atoms with Gasteiger partial charge in [0.25, 0.3) is 0 Å². The van der Waals surface area contributed by atoms with Crippen LogP contribution in [0.1, 0.15) is 43.0 Å². The normalized spacial score (nSPS) is 20.6. The average molecular weight is 276 g/mol. The first-order chi connectivity index (χ1) is 9.28. The third-order valence-corrected chi connectivity index (χ3v) is 3.85. The van der Waals surface area contributed by atoms with Gasteiger partial charge in [0, 0.05) is 31.1 Å². The fraction of sp³-hybridized carbons (Fsp3) is 0.647. The van der Waals surface area contributed by atoms with Gasteiger partial charge in [-0.15, -0.1) is 0 Å². The topological polar surface area (TPSA) is 24.5 Å². The number of nitrogens with one attached hydrogen (secondary N) is 1. The monoisotopic (exact) mass is 276 g/mol. The van der Waals surface area contributed by atoms with Crippen molar-refractivity contribution in [1.82, 2.24) is 10.2 Å². The SMILES string of the molecule is Cc1cc(C)c2c(c1)C(NCCN(C)C)CC(C)(C)O2. The van der Waals surface area contributed by atoms with E-state index in [0.717, 1.165) is 25.3 Å². The second-order valence-corrected chi connectivity index (χ2v) is 6.88. The molecule has 1 heterocycles. The van der Waals surface area contributed by atoms with Crippen molar-refractivity contribution in [2.45, 2.75) is 45.8 Å². The minimum Gasteiger partial charge on any atom is -0.487 e. The van der Waals surface area contributed by atoms with E-state index in [0.29, 0.717) is 6.04 Å². The van der Waals surface area contributed by atoms with Crippen LogP contribution in [0.25, 0.3) is 0 Å². The molecule has 0 bridgehead atoms. The molecule has 1 aromatic carbocycles. The van der Waals surface area contributed by atoms with E-state index in [1.807, 2.05) is 0 Å². The molecule has 20 heavy (non-hydrogen) atoms. The van der Waals surface area contributed by atoms with E-state index in [2.05, 4.69) is 64.1 Å². The summed E-state index contributed by atoms with van der Waals surface area (Å²) in [7, 11) is 4.22. The molecular formula is C17H28N2O. The standard InChI is InChI=1S/C17H28N2O/c1-12-9-13(2)16-14(10-12)15(11-17(3,4)20-16)18-7-8-19(5)6/h9-10,15,18H,7-8,11H2,1-6H3. The van der Waals surface area contributed by atoms with Crippen LogP contribution in [0.2, 0.25) is 0 Å². The maximum atomic E-state index is 6.21. The molecule has 2 rings (SSSR count). The van der Waals surface area contributed by atoms with Gasteiger partial charge in [-0.25, -0.2) is 0 Å². The van der Waals surface area contributed by atoms with Gasteiger partial charge in [0.1, 0.15) is 11.4 Å². The molecule has 0 aromatic heterocycles. The van der Waals surface area contributed by atoms with Crippen molar-refractivity contribution < 1.29 is 4.74 Å². The Kier molecular flexibility index (Phi) is 4.40. The zero-order valence-corrected chi connectivity index (χ0v) is 13.7. The highest BCUT2D eigenvalue weighted by Gasteiger charge is 2.34. The number of aryl methyl sites for hydroxylation is 2. The van der Waals surface area contributed by atoms with Crippen LogP contribution in [0.4, 0.5) is 0 Å². The molecule has 112 valence electrons. The number of nitrogens with zero attached hydrogens (tertiary/aromatic N) is 1. The highest BCUT2D eigenvalue weighted by atomic mass is 16.5. The molecule has 0 spiro atoms. The highest BCUT2D eigenvalue weighted by molar-refractivity contribution is 5.47. The molecule has 0 aliphatic carbocycles. The molecule has 1 aromatic rings. The molecule has 1 aliphatic heterocycles. The molecule has 1 aliphatic rings. The second kappa shape index (κ2) is 5.74. The lowest BCUT2D eigenvalue weighted by molar-refractivity contribution is 0.0648. The Hall–Kier alpha value is -1.06. The van der Waals surface area contributed by atoms with Crippen molar-refractivity contribution in [2.24, 2.45) is 0 Å². The van der Waals surface area contributed by atoms with E-state index >= 15 is 0 Å². The molecule has 1 unspecified atom stereocenters. The number of fused-ring (bicyclic) bond motifs is 1. The third-order valence-electron chi connectivity index (χ3n) is 3.85. The lowest BCUT2D eigenvalue weighted by atomic mass is 9.87. The largest absolute Gasteiger partial charge is 0.487 e. The second-order valence-electron chi connectivity index (χ2n) is 6.88. The van der Waals surface area contributed by atoms with E-state index in [4.69, 9.17) is 4.74 Å². The molecule has 0 saturated heterocycles. The zero-order valence-electron chi connectivity index (χ0n) is 13.7. The van der Waals surface area contributed by atoms with Gasteiger partial charge in [0.15, 0.2) is 0 Å². The number of hydrogen-bond donors (Lipinski definition) is 1. The van der Waals surface area contributed by atoms with Crippen LogP contribution in [-0.2, 0) is 0 Å². The van der Waals surface area contributed by atoms with Crippen LogP contribution in [0.15, 0.2) is 12.1 Å². The van der Waals surface area contributed by atoms with Gasteiger partial charge in [-0.1, -0.05) is 17.7 Å². The third kappa shape index (κ3) is 3.53. The van der Waals surface area contributed by atoms with Gasteiger partial charge in [0.2, 0.25) is 0 Å². The van der Waals surface area contributed by atoms with Crippen molar-refractivity contribution in [3.63, 3.8) is 0 Å². The Labute approximate surface area is 123 Å². The van der Waals surface area contributed by atoms with Crippen molar-refractivity contribution >= 4 is 0 Å². The fourth-order valence-corrected chi connectivity index (χ4v) is 2.95. The Bertz CT molecular complexity index is 480. The fourth-order valence-electron chi connectivity index (χ4n) is 2.95. The summed E-state index contributed by atoms with van der Waals surface area (Å²) >= 11 is 0. The number of benzene rings is 1. The van der Waals surface area contributed by atoms with Crippen molar-refractivity contribution in [2.75, 3.05) is 27.2 Å². The van der Waals surface area contributed by atoms with Gasteiger partial charge in [-0.2, -0.15) is 0 Å². The number of likely N-dealkylation sites (N-methyl/N-ethyl adjacent to an activating group) is 1. The molecule has 0 fully saturated rings. The predicted octanol–water partition coefficient (Wildman–Crippen LogP) is 3.06. The Morgan fingerprint density at radius 1 is 1.30 bits per heavy atom. The summed E-state index contributed by atoms with van der Waals surface area (Å²) < 4.78 is 6.21. The summed E-state index contributed by atoms with van der Waals surface area (Å²) in [5.74, 6) is 1.08. The molecule has 1 N–H and O–H groups in total. The van der Waals surface area contributed by atoms with Crippen LogP contribution in [0.5, 0.6) is 5.75 Å². The van der Waals surface area contributed by atoms with Crippen LogP contribution in [0.3, 0.4) is 0 Å².